The first-order chi connectivity index (χ1) is 20.6. The van der Waals surface area contributed by atoms with E-state index in [0.29, 0.717) is 18.7 Å². The molecule has 0 atom stereocenters. The van der Waals surface area contributed by atoms with Crippen molar-refractivity contribution in [2.45, 2.75) is 19.4 Å². The number of hydrogen-bond acceptors (Lipinski definition) is 6. The molecule has 0 bridgehead atoms. The van der Waals surface area contributed by atoms with E-state index >= 15 is 0 Å². The van der Waals surface area contributed by atoms with Crippen molar-refractivity contribution < 1.29 is 14.7 Å². The SMILES string of the molecule is O=C(NO)c1ccc(/C=C(/CNc2cnc3ccc(CN4CCCC4)cc3c2)COc2cccc3ccccc23)cc1. The Kier molecular flexibility index (Phi) is 8.40. The molecular formula is C35H34N4O3. The molecule has 1 aromatic heterocycles. The number of carbonyl (C=O) groups is 1. The third-order valence-electron chi connectivity index (χ3n) is 7.68. The van der Waals surface area contributed by atoms with Gasteiger partial charge in [0, 0.05) is 29.4 Å². The number of likely N-dealkylation sites (tertiary alicyclic amines) is 1. The summed E-state index contributed by atoms with van der Waals surface area (Å²) in [6.07, 6.45) is 6.49. The Balaban J connectivity index is 1.22. The minimum atomic E-state index is -0.542. The van der Waals surface area contributed by atoms with Gasteiger partial charge in [-0.2, -0.15) is 0 Å². The average molecular weight is 559 g/mol. The van der Waals surface area contributed by atoms with Gasteiger partial charge in [0.15, 0.2) is 0 Å². The smallest absolute Gasteiger partial charge is 0.274 e. The normalized spacial score (nSPS) is 13.9. The quantitative estimate of drug-likeness (QED) is 0.131. The molecule has 0 radical (unpaired) electrons. The number of fused-ring (bicyclic) bond motifs is 2. The van der Waals surface area contributed by atoms with Crippen molar-refractivity contribution in [3.05, 3.63) is 119 Å². The van der Waals surface area contributed by atoms with Crippen LogP contribution in [0, 0.1) is 0 Å². The van der Waals surface area contributed by atoms with Crippen LogP contribution in [0.25, 0.3) is 27.8 Å². The molecule has 0 spiro atoms. The highest BCUT2D eigenvalue weighted by molar-refractivity contribution is 5.93. The number of ether oxygens (including phenoxy) is 1. The van der Waals surface area contributed by atoms with Gasteiger partial charge in [-0.1, -0.05) is 60.7 Å². The molecular weight excluding hydrogens is 524 g/mol. The van der Waals surface area contributed by atoms with E-state index in [1.54, 1.807) is 17.6 Å². The number of benzene rings is 4. The zero-order valence-corrected chi connectivity index (χ0v) is 23.4. The lowest BCUT2D eigenvalue weighted by Gasteiger charge is -2.15. The Bertz CT molecular complexity index is 1720. The number of amides is 1. The topological polar surface area (TPSA) is 86.7 Å². The van der Waals surface area contributed by atoms with Crippen molar-refractivity contribution >= 4 is 39.3 Å². The van der Waals surface area contributed by atoms with E-state index in [9.17, 15) is 4.79 Å². The molecule has 5 aromatic rings. The fraction of sp³-hybridized carbons (Fsp3) is 0.200. The van der Waals surface area contributed by atoms with E-state index in [-0.39, 0.29) is 0 Å². The van der Waals surface area contributed by atoms with Crippen molar-refractivity contribution in [3.63, 3.8) is 0 Å². The van der Waals surface area contributed by atoms with Gasteiger partial charge in [0.2, 0.25) is 0 Å². The Labute approximate surface area is 245 Å². The van der Waals surface area contributed by atoms with Gasteiger partial charge in [-0.05, 0) is 84.4 Å². The van der Waals surface area contributed by atoms with Gasteiger partial charge >= 0.3 is 0 Å². The Morgan fingerprint density at radius 3 is 2.57 bits per heavy atom. The lowest BCUT2D eigenvalue weighted by molar-refractivity contribution is 0.0706. The number of aromatic nitrogens is 1. The van der Waals surface area contributed by atoms with Gasteiger partial charge in [-0.25, -0.2) is 5.48 Å². The second kappa shape index (κ2) is 12.9. The van der Waals surface area contributed by atoms with Crippen LogP contribution >= 0.6 is 0 Å². The van der Waals surface area contributed by atoms with Crippen LogP contribution in [0.4, 0.5) is 5.69 Å². The maximum Gasteiger partial charge on any atom is 0.274 e. The summed E-state index contributed by atoms with van der Waals surface area (Å²) in [5, 5.41) is 15.8. The van der Waals surface area contributed by atoms with E-state index in [0.717, 1.165) is 50.8 Å². The first-order valence-electron chi connectivity index (χ1n) is 14.3. The van der Waals surface area contributed by atoms with Gasteiger partial charge in [0.05, 0.1) is 17.4 Å². The first kappa shape index (κ1) is 27.4. The monoisotopic (exact) mass is 558 g/mol. The van der Waals surface area contributed by atoms with Crippen molar-refractivity contribution in [2.24, 2.45) is 0 Å². The van der Waals surface area contributed by atoms with Crippen LogP contribution in [0.5, 0.6) is 5.75 Å². The van der Waals surface area contributed by atoms with Gasteiger partial charge in [0.25, 0.3) is 5.91 Å². The van der Waals surface area contributed by atoms with Gasteiger partial charge < -0.3 is 10.1 Å². The van der Waals surface area contributed by atoms with E-state index in [1.807, 2.05) is 42.6 Å². The molecule has 212 valence electrons. The number of rotatable bonds is 10. The summed E-state index contributed by atoms with van der Waals surface area (Å²) in [4.78, 5) is 19.0. The summed E-state index contributed by atoms with van der Waals surface area (Å²) in [6.45, 7) is 4.24. The molecule has 4 aromatic carbocycles. The molecule has 7 nitrogen and oxygen atoms in total. The lowest BCUT2D eigenvalue weighted by atomic mass is 10.1. The van der Waals surface area contributed by atoms with Crippen molar-refractivity contribution in [1.29, 1.82) is 0 Å². The standard InChI is InChI=1S/C35H34N4O3/c40-35(38-41)29-13-10-25(11-14-29)18-27(24-42-34-9-5-7-28-6-1-2-8-32(28)34)21-36-31-20-30-19-26(12-15-33(30)37-22-31)23-39-16-3-4-17-39/h1-2,5-15,18-20,22,36,41H,3-4,16-17,21,23-24H2,(H,38,40)/b27-18-. The summed E-state index contributed by atoms with van der Waals surface area (Å²) in [5.41, 5.74) is 7.22. The number of hydrogen-bond donors (Lipinski definition) is 3. The Hall–Kier alpha value is -4.72. The molecule has 0 aliphatic carbocycles. The van der Waals surface area contributed by atoms with Crippen LogP contribution in [-0.4, -0.2) is 47.2 Å². The van der Waals surface area contributed by atoms with Crippen LogP contribution in [0.1, 0.15) is 34.3 Å². The lowest BCUT2D eigenvalue weighted by Crippen LogP contribution is -2.18. The van der Waals surface area contributed by atoms with Gasteiger partial charge in [-0.15, -0.1) is 0 Å². The Morgan fingerprint density at radius 1 is 0.929 bits per heavy atom. The van der Waals surface area contributed by atoms with Crippen LogP contribution in [0.15, 0.2) is 103 Å². The first-order valence-corrected chi connectivity index (χ1v) is 14.3. The maximum absolute atomic E-state index is 11.8. The Morgan fingerprint density at radius 2 is 1.74 bits per heavy atom. The molecule has 1 aliphatic rings. The molecule has 1 amide bonds. The molecule has 0 saturated carbocycles. The number of anilines is 1. The maximum atomic E-state index is 11.8. The van der Waals surface area contributed by atoms with E-state index in [2.05, 4.69) is 58.8 Å². The number of nitrogens with zero attached hydrogens (tertiary/aromatic N) is 2. The summed E-state index contributed by atoms with van der Waals surface area (Å²) < 4.78 is 6.34. The highest BCUT2D eigenvalue weighted by atomic mass is 16.5. The fourth-order valence-corrected chi connectivity index (χ4v) is 5.46. The second-order valence-corrected chi connectivity index (χ2v) is 10.7. The number of nitrogens with one attached hydrogen (secondary N) is 2. The van der Waals surface area contributed by atoms with Crippen LogP contribution < -0.4 is 15.5 Å². The minimum absolute atomic E-state index is 0.376. The minimum Gasteiger partial charge on any atom is -0.489 e. The average Bonchev–Trinajstić information content (AvgIpc) is 3.55. The summed E-state index contributed by atoms with van der Waals surface area (Å²) in [5.74, 6) is 0.283. The zero-order valence-electron chi connectivity index (χ0n) is 23.4. The van der Waals surface area contributed by atoms with Crippen molar-refractivity contribution in [1.82, 2.24) is 15.4 Å². The van der Waals surface area contributed by atoms with E-state index < -0.39 is 5.91 Å². The zero-order chi connectivity index (χ0) is 28.7. The number of pyridine rings is 1. The highest BCUT2D eigenvalue weighted by Gasteiger charge is 2.12. The second-order valence-electron chi connectivity index (χ2n) is 10.7. The fourth-order valence-electron chi connectivity index (χ4n) is 5.46. The molecule has 42 heavy (non-hydrogen) atoms. The molecule has 2 heterocycles. The van der Waals surface area contributed by atoms with Crippen LogP contribution in [0.2, 0.25) is 0 Å². The highest BCUT2D eigenvalue weighted by Crippen LogP contribution is 2.26. The molecule has 6 rings (SSSR count). The summed E-state index contributed by atoms with van der Waals surface area (Å²) in [7, 11) is 0. The molecule has 3 N–H and O–H groups in total. The van der Waals surface area contributed by atoms with E-state index in [1.165, 1.54) is 31.5 Å². The molecule has 1 aliphatic heterocycles. The third-order valence-corrected chi connectivity index (χ3v) is 7.68. The number of carbonyl (C=O) groups excluding carboxylic acids is 1. The largest absolute Gasteiger partial charge is 0.489 e. The molecule has 1 saturated heterocycles. The summed E-state index contributed by atoms with van der Waals surface area (Å²) in [6, 6.07) is 30.0. The van der Waals surface area contributed by atoms with Crippen LogP contribution in [0.3, 0.4) is 0 Å². The predicted octanol–water partition coefficient (Wildman–Crippen LogP) is 6.68. The molecule has 1 fully saturated rings. The van der Waals surface area contributed by atoms with E-state index in [4.69, 9.17) is 14.9 Å². The van der Waals surface area contributed by atoms with Crippen LogP contribution in [-0.2, 0) is 6.54 Å². The summed E-state index contributed by atoms with van der Waals surface area (Å²) >= 11 is 0. The van der Waals surface area contributed by atoms with Gasteiger partial charge in [0.1, 0.15) is 12.4 Å². The molecule has 0 unspecified atom stereocenters. The number of hydroxylamine groups is 1. The van der Waals surface area contributed by atoms with Crippen molar-refractivity contribution in [3.8, 4) is 5.75 Å². The third kappa shape index (κ3) is 6.60. The van der Waals surface area contributed by atoms with Gasteiger partial charge in [-0.3, -0.25) is 19.9 Å². The van der Waals surface area contributed by atoms with Crippen molar-refractivity contribution in [2.75, 3.05) is 31.6 Å². The predicted molar refractivity (Wildman–Crippen MR) is 168 cm³/mol. The molecule has 7 heteroatoms.